The molecule has 0 saturated carbocycles. The Morgan fingerprint density at radius 1 is 1.29 bits per heavy atom. The summed E-state index contributed by atoms with van der Waals surface area (Å²) < 4.78 is 1.06. The molecular weight excluding hydrogens is 392 g/mol. The molecule has 0 bridgehead atoms. The molecule has 4 rings (SSSR count). The predicted octanol–water partition coefficient (Wildman–Crippen LogP) is 4.23. The quantitative estimate of drug-likeness (QED) is 0.671. The number of anilines is 1. The molecule has 3 heterocycles. The van der Waals surface area contributed by atoms with Gasteiger partial charge in [-0.1, -0.05) is 29.5 Å². The van der Waals surface area contributed by atoms with E-state index in [1.54, 1.807) is 16.2 Å². The number of aromatic nitrogens is 1. The number of thiazole rings is 1. The van der Waals surface area contributed by atoms with Crippen LogP contribution in [0.25, 0.3) is 10.2 Å². The molecule has 2 aromatic heterocycles. The van der Waals surface area contributed by atoms with E-state index in [1.165, 1.54) is 11.3 Å². The topological polar surface area (TPSA) is 74.3 Å². The molecule has 1 aliphatic heterocycles. The SMILES string of the molecule is Cc1cccc2sc(NC(=O)C3CCCN(C(=O)NCc4cccs4)C3)nc12. The maximum absolute atomic E-state index is 12.7. The molecule has 1 aliphatic rings. The van der Waals surface area contributed by atoms with Gasteiger partial charge in [-0.15, -0.1) is 11.3 Å². The molecule has 1 fully saturated rings. The first-order valence-electron chi connectivity index (χ1n) is 9.32. The summed E-state index contributed by atoms with van der Waals surface area (Å²) in [5.41, 5.74) is 2.03. The number of nitrogens with one attached hydrogen (secondary N) is 2. The summed E-state index contributed by atoms with van der Waals surface area (Å²) in [5, 5.41) is 8.51. The van der Waals surface area contributed by atoms with Crippen molar-refractivity contribution >= 4 is 50.0 Å². The van der Waals surface area contributed by atoms with Gasteiger partial charge >= 0.3 is 6.03 Å². The number of carbonyl (C=O) groups is 2. The van der Waals surface area contributed by atoms with Gasteiger partial charge in [0.25, 0.3) is 0 Å². The summed E-state index contributed by atoms with van der Waals surface area (Å²) in [4.78, 5) is 32.6. The largest absolute Gasteiger partial charge is 0.333 e. The lowest BCUT2D eigenvalue weighted by atomic mass is 9.97. The van der Waals surface area contributed by atoms with Gasteiger partial charge in [-0.05, 0) is 42.8 Å². The van der Waals surface area contributed by atoms with Crippen LogP contribution in [0.4, 0.5) is 9.93 Å². The third-order valence-corrected chi connectivity index (χ3v) is 6.74. The van der Waals surface area contributed by atoms with E-state index in [4.69, 9.17) is 0 Å². The number of fused-ring (bicyclic) bond motifs is 1. The number of carbonyl (C=O) groups excluding carboxylic acids is 2. The Kier molecular flexibility index (Phi) is 5.59. The van der Waals surface area contributed by atoms with Crippen molar-refractivity contribution in [2.45, 2.75) is 26.3 Å². The Hall–Kier alpha value is -2.45. The molecule has 3 amide bonds. The number of benzene rings is 1. The van der Waals surface area contributed by atoms with Gasteiger partial charge in [0.05, 0.1) is 22.7 Å². The van der Waals surface area contributed by atoms with Crippen LogP contribution >= 0.6 is 22.7 Å². The molecular formula is C20H22N4O2S2. The summed E-state index contributed by atoms with van der Waals surface area (Å²) in [5.74, 6) is -0.276. The molecule has 3 aromatic rings. The Morgan fingerprint density at radius 3 is 2.96 bits per heavy atom. The number of urea groups is 1. The van der Waals surface area contributed by atoms with Crippen LogP contribution < -0.4 is 10.6 Å². The number of nitrogens with zero attached hydrogens (tertiary/aromatic N) is 2. The number of hydrogen-bond acceptors (Lipinski definition) is 5. The highest BCUT2D eigenvalue weighted by Crippen LogP contribution is 2.29. The number of aryl methyl sites for hydroxylation is 1. The minimum absolute atomic E-state index is 0.0625. The fraction of sp³-hybridized carbons (Fsp3) is 0.350. The molecule has 1 saturated heterocycles. The highest BCUT2D eigenvalue weighted by Gasteiger charge is 2.29. The Morgan fingerprint density at radius 2 is 2.18 bits per heavy atom. The highest BCUT2D eigenvalue weighted by atomic mass is 32.1. The molecule has 28 heavy (non-hydrogen) atoms. The van der Waals surface area contributed by atoms with E-state index in [2.05, 4.69) is 15.6 Å². The molecule has 1 aromatic carbocycles. The average molecular weight is 415 g/mol. The number of likely N-dealkylation sites (tertiary alicyclic amines) is 1. The minimum Gasteiger partial charge on any atom is -0.333 e. The normalized spacial score (nSPS) is 16.9. The summed E-state index contributed by atoms with van der Waals surface area (Å²) in [6.45, 7) is 3.66. The zero-order valence-electron chi connectivity index (χ0n) is 15.6. The van der Waals surface area contributed by atoms with Crippen molar-refractivity contribution in [1.82, 2.24) is 15.2 Å². The van der Waals surface area contributed by atoms with E-state index < -0.39 is 0 Å². The molecule has 8 heteroatoms. The summed E-state index contributed by atoms with van der Waals surface area (Å²) in [6, 6.07) is 9.88. The molecule has 1 atom stereocenters. The first-order chi connectivity index (χ1) is 13.6. The molecule has 146 valence electrons. The summed E-state index contributed by atoms with van der Waals surface area (Å²) >= 11 is 3.10. The first-order valence-corrected chi connectivity index (χ1v) is 11.0. The second-order valence-electron chi connectivity index (χ2n) is 6.95. The van der Waals surface area contributed by atoms with Gasteiger partial charge in [0, 0.05) is 18.0 Å². The second-order valence-corrected chi connectivity index (χ2v) is 9.02. The van der Waals surface area contributed by atoms with Crippen LogP contribution in [0.2, 0.25) is 0 Å². The lowest BCUT2D eigenvalue weighted by Gasteiger charge is -2.31. The van der Waals surface area contributed by atoms with Crippen LogP contribution in [0.3, 0.4) is 0 Å². The Labute approximate surface area is 171 Å². The van der Waals surface area contributed by atoms with Gasteiger partial charge in [-0.2, -0.15) is 0 Å². The summed E-state index contributed by atoms with van der Waals surface area (Å²) in [7, 11) is 0. The van der Waals surface area contributed by atoms with Gasteiger partial charge in [0.15, 0.2) is 5.13 Å². The van der Waals surface area contributed by atoms with Gasteiger partial charge in [0.2, 0.25) is 5.91 Å². The van der Waals surface area contributed by atoms with Gasteiger partial charge in [0.1, 0.15) is 0 Å². The van der Waals surface area contributed by atoms with E-state index in [0.717, 1.165) is 33.5 Å². The van der Waals surface area contributed by atoms with Crippen molar-refractivity contribution in [3.63, 3.8) is 0 Å². The molecule has 1 unspecified atom stereocenters. The third-order valence-electron chi connectivity index (χ3n) is 4.92. The van der Waals surface area contributed by atoms with Crippen molar-refractivity contribution in [3.8, 4) is 0 Å². The van der Waals surface area contributed by atoms with Gasteiger partial charge in [-0.3, -0.25) is 4.79 Å². The van der Waals surface area contributed by atoms with Gasteiger partial charge < -0.3 is 15.5 Å². The maximum atomic E-state index is 12.7. The fourth-order valence-electron chi connectivity index (χ4n) is 3.41. The van der Waals surface area contributed by atoms with E-state index >= 15 is 0 Å². The Balaban J connectivity index is 1.35. The first kappa shape index (κ1) is 18.9. The van der Waals surface area contributed by atoms with Crippen LogP contribution in [0.5, 0.6) is 0 Å². The van der Waals surface area contributed by atoms with Crippen LogP contribution in [0, 0.1) is 12.8 Å². The Bertz CT molecular complexity index is 983. The van der Waals surface area contributed by atoms with Gasteiger partial charge in [-0.25, -0.2) is 9.78 Å². The number of amides is 3. The summed E-state index contributed by atoms with van der Waals surface area (Å²) in [6.07, 6.45) is 1.61. The molecule has 2 N–H and O–H groups in total. The van der Waals surface area contributed by atoms with E-state index in [0.29, 0.717) is 24.8 Å². The third kappa shape index (κ3) is 4.18. The zero-order valence-corrected chi connectivity index (χ0v) is 17.2. The smallest absolute Gasteiger partial charge is 0.317 e. The van der Waals surface area contributed by atoms with Crippen molar-refractivity contribution in [1.29, 1.82) is 0 Å². The van der Waals surface area contributed by atoms with Crippen LogP contribution in [-0.2, 0) is 11.3 Å². The number of thiophene rings is 1. The van der Waals surface area contributed by atoms with Crippen molar-refractivity contribution < 1.29 is 9.59 Å². The van der Waals surface area contributed by atoms with Crippen molar-refractivity contribution in [2.75, 3.05) is 18.4 Å². The second kappa shape index (κ2) is 8.28. The van der Waals surface area contributed by atoms with Crippen molar-refractivity contribution in [2.24, 2.45) is 5.92 Å². The minimum atomic E-state index is -0.214. The van der Waals surface area contributed by atoms with E-state index in [1.807, 2.05) is 42.6 Å². The highest BCUT2D eigenvalue weighted by molar-refractivity contribution is 7.22. The molecule has 6 nitrogen and oxygen atoms in total. The van der Waals surface area contributed by atoms with E-state index in [-0.39, 0.29) is 17.9 Å². The standard InChI is InChI=1S/C20H22N4O2S2/c1-13-5-2-8-16-17(13)22-19(28-16)23-18(25)14-6-3-9-24(12-14)20(26)21-11-15-7-4-10-27-15/h2,4-5,7-8,10,14H,3,6,9,11-12H2,1H3,(H,21,26)(H,22,23,25). The van der Waals surface area contributed by atoms with Crippen LogP contribution in [0.15, 0.2) is 35.7 Å². The average Bonchev–Trinajstić information content (AvgIpc) is 3.36. The van der Waals surface area contributed by atoms with Crippen LogP contribution in [-0.4, -0.2) is 34.9 Å². The molecule has 0 aliphatic carbocycles. The lowest BCUT2D eigenvalue weighted by Crippen LogP contribution is -2.47. The predicted molar refractivity (Wildman–Crippen MR) is 114 cm³/mol. The van der Waals surface area contributed by atoms with E-state index in [9.17, 15) is 9.59 Å². The zero-order chi connectivity index (χ0) is 19.5. The number of para-hydroxylation sites is 1. The lowest BCUT2D eigenvalue weighted by molar-refractivity contribution is -0.121. The monoisotopic (exact) mass is 414 g/mol. The van der Waals surface area contributed by atoms with Crippen LogP contribution in [0.1, 0.15) is 23.3 Å². The molecule has 0 spiro atoms. The number of hydrogen-bond donors (Lipinski definition) is 2. The number of rotatable bonds is 4. The molecule has 0 radical (unpaired) electrons. The maximum Gasteiger partial charge on any atom is 0.317 e. The number of piperidine rings is 1. The fourth-order valence-corrected chi connectivity index (χ4v) is 5.00. The van der Waals surface area contributed by atoms with Crippen molar-refractivity contribution in [3.05, 3.63) is 46.2 Å².